The number of nitrogens with one attached hydrogen (secondary N) is 1. The van der Waals surface area contributed by atoms with Gasteiger partial charge in [0, 0.05) is 17.6 Å². The number of pyridine rings is 1. The van der Waals surface area contributed by atoms with Crippen molar-refractivity contribution in [2.75, 3.05) is 16.8 Å². The average Bonchev–Trinajstić information content (AvgIpc) is 2.54. The van der Waals surface area contributed by atoms with Crippen LogP contribution >= 0.6 is 11.8 Å². The van der Waals surface area contributed by atoms with Gasteiger partial charge in [0.05, 0.1) is 16.5 Å². The first-order valence-electron chi connectivity index (χ1n) is 7.24. The maximum Gasteiger partial charge on any atom is 0.237 e. The molecule has 1 aromatic carbocycles. The lowest BCUT2D eigenvalue weighted by molar-refractivity contribution is -0.115. The Bertz CT molecular complexity index is 875. The van der Waals surface area contributed by atoms with Gasteiger partial charge in [0.2, 0.25) is 5.91 Å². The number of carbonyl (C=O) groups is 1. The fraction of sp³-hybridized carbons (Fsp3) is 0.125. The highest BCUT2D eigenvalue weighted by atomic mass is 32.2. The molecule has 5 N–H and O–H groups in total. The Morgan fingerprint density at radius 1 is 1.17 bits per heavy atom. The van der Waals surface area contributed by atoms with Gasteiger partial charge in [0.1, 0.15) is 11.6 Å². The number of rotatable bonds is 4. The van der Waals surface area contributed by atoms with Gasteiger partial charge >= 0.3 is 0 Å². The third-order valence-electron chi connectivity index (χ3n) is 3.30. The van der Waals surface area contributed by atoms with Gasteiger partial charge in [0.25, 0.3) is 0 Å². The van der Waals surface area contributed by atoms with Crippen LogP contribution in [0.3, 0.4) is 0 Å². The summed E-state index contributed by atoms with van der Waals surface area (Å²) in [6.07, 6.45) is 1.72. The van der Waals surface area contributed by atoms with Gasteiger partial charge in [0.15, 0.2) is 5.16 Å². The molecule has 2 aromatic heterocycles. The minimum atomic E-state index is -0.418. The van der Waals surface area contributed by atoms with Crippen molar-refractivity contribution in [2.24, 2.45) is 0 Å². The lowest BCUT2D eigenvalue weighted by Crippen LogP contribution is -2.23. The minimum absolute atomic E-state index is 0.166. The smallest absolute Gasteiger partial charge is 0.237 e. The highest BCUT2D eigenvalue weighted by molar-refractivity contribution is 8.00. The van der Waals surface area contributed by atoms with Crippen molar-refractivity contribution < 1.29 is 4.79 Å². The van der Waals surface area contributed by atoms with Crippen LogP contribution in [0, 0.1) is 0 Å². The van der Waals surface area contributed by atoms with Crippen LogP contribution in [0.4, 0.5) is 17.3 Å². The number of nitrogens with zero attached hydrogens (tertiary/aromatic N) is 3. The number of nitrogens with two attached hydrogens (primary N) is 2. The molecule has 1 amide bonds. The van der Waals surface area contributed by atoms with Gasteiger partial charge in [-0.3, -0.25) is 9.78 Å². The standard InChI is InChI=1S/C16H16N6OS/c1-9(24-16-21-13(17)8-14(18)22-16)15(23)20-12-6-2-5-11-10(12)4-3-7-19-11/h2-9H,1H3,(H,20,23)(H4,17,18,21,22)/t9-/m1/s1. The van der Waals surface area contributed by atoms with E-state index in [1.54, 1.807) is 13.1 Å². The second kappa shape index (κ2) is 6.71. The fourth-order valence-electron chi connectivity index (χ4n) is 2.17. The van der Waals surface area contributed by atoms with Crippen molar-refractivity contribution in [3.63, 3.8) is 0 Å². The molecule has 24 heavy (non-hydrogen) atoms. The molecule has 0 aliphatic rings. The monoisotopic (exact) mass is 340 g/mol. The van der Waals surface area contributed by atoms with Gasteiger partial charge in [-0.25, -0.2) is 9.97 Å². The molecule has 8 heteroatoms. The number of nitrogen functional groups attached to an aromatic ring is 2. The molecule has 1 atom stereocenters. The fourth-order valence-corrected chi connectivity index (χ4v) is 2.97. The molecule has 0 radical (unpaired) electrons. The van der Waals surface area contributed by atoms with Crippen molar-refractivity contribution in [3.05, 3.63) is 42.6 Å². The number of carbonyl (C=O) groups excluding carboxylic acids is 1. The van der Waals surface area contributed by atoms with Crippen LogP contribution in [0.15, 0.2) is 47.8 Å². The number of anilines is 3. The first-order valence-corrected chi connectivity index (χ1v) is 8.12. The van der Waals surface area contributed by atoms with E-state index in [1.807, 2.05) is 30.3 Å². The number of hydrogen-bond donors (Lipinski definition) is 3. The average molecular weight is 340 g/mol. The van der Waals surface area contributed by atoms with Crippen molar-refractivity contribution in [1.29, 1.82) is 0 Å². The number of aromatic nitrogens is 3. The van der Waals surface area contributed by atoms with Crippen LogP contribution in [0.2, 0.25) is 0 Å². The van der Waals surface area contributed by atoms with E-state index >= 15 is 0 Å². The van der Waals surface area contributed by atoms with Crippen molar-refractivity contribution in [1.82, 2.24) is 15.0 Å². The van der Waals surface area contributed by atoms with E-state index in [0.29, 0.717) is 10.8 Å². The number of hydrogen-bond acceptors (Lipinski definition) is 7. The summed E-state index contributed by atoms with van der Waals surface area (Å²) in [6, 6.07) is 10.8. The van der Waals surface area contributed by atoms with E-state index in [-0.39, 0.29) is 17.5 Å². The first-order chi connectivity index (χ1) is 11.5. The Morgan fingerprint density at radius 3 is 2.67 bits per heavy atom. The molecular weight excluding hydrogens is 324 g/mol. The zero-order valence-corrected chi connectivity index (χ0v) is 13.7. The summed E-state index contributed by atoms with van der Waals surface area (Å²) in [7, 11) is 0. The van der Waals surface area contributed by atoms with E-state index in [4.69, 9.17) is 11.5 Å². The van der Waals surface area contributed by atoms with Gasteiger partial charge in [-0.05, 0) is 31.2 Å². The molecule has 122 valence electrons. The molecular formula is C16H16N6OS. The summed E-state index contributed by atoms with van der Waals surface area (Å²) < 4.78 is 0. The largest absolute Gasteiger partial charge is 0.383 e. The summed E-state index contributed by atoms with van der Waals surface area (Å²) >= 11 is 1.19. The quantitative estimate of drug-likeness (QED) is 0.492. The van der Waals surface area contributed by atoms with Crippen LogP contribution in [0.5, 0.6) is 0 Å². The zero-order valence-electron chi connectivity index (χ0n) is 12.9. The lowest BCUT2D eigenvalue weighted by Gasteiger charge is -2.13. The molecule has 0 aliphatic heterocycles. The number of benzene rings is 1. The molecule has 0 unspecified atom stereocenters. The van der Waals surface area contributed by atoms with Gasteiger partial charge in [-0.15, -0.1) is 0 Å². The third-order valence-corrected chi connectivity index (χ3v) is 4.26. The normalized spacial score (nSPS) is 12.0. The molecule has 7 nitrogen and oxygen atoms in total. The summed E-state index contributed by atoms with van der Waals surface area (Å²) in [4.78, 5) is 24.9. The molecule has 0 bridgehead atoms. The van der Waals surface area contributed by atoms with Gasteiger partial charge in [-0.1, -0.05) is 17.8 Å². The Labute approximate surface area is 142 Å². The summed E-state index contributed by atoms with van der Waals surface area (Å²) in [5.41, 5.74) is 12.8. The Balaban J connectivity index is 1.76. The summed E-state index contributed by atoms with van der Waals surface area (Å²) in [6.45, 7) is 1.77. The van der Waals surface area contributed by atoms with Gasteiger partial charge in [-0.2, -0.15) is 0 Å². The second-order valence-corrected chi connectivity index (χ2v) is 6.43. The second-order valence-electron chi connectivity index (χ2n) is 5.13. The van der Waals surface area contributed by atoms with Crippen molar-refractivity contribution >= 4 is 45.9 Å². The number of amides is 1. The first kappa shape index (κ1) is 16.0. The van der Waals surface area contributed by atoms with E-state index < -0.39 is 5.25 Å². The molecule has 2 heterocycles. The van der Waals surface area contributed by atoms with Gasteiger partial charge < -0.3 is 16.8 Å². The molecule has 0 aliphatic carbocycles. The zero-order chi connectivity index (χ0) is 17.1. The molecule has 3 aromatic rings. The third kappa shape index (κ3) is 3.54. The van der Waals surface area contributed by atoms with E-state index in [1.165, 1.54) is 17.8 Å². The van der Waals surface area contributed by atoms with Crippen molar-refractivity contribution in [3.8, 4) is 0 Å². The van der Waals surface area contributed by atoms with Crippen LogP contribution in [-0.2, 0) is 4.79 Å². The van der Waals surface area contributed by atoms with E-state index in [0.717, 1.165) is 10.9 Å². The Kier molecular flexibility index (Phi) is 4.48. The van der Waals surface area contributed by atoms with Crippen LogP contribution in [0.25, 0.3) is 10.9 Å². The molecule has 0 fully saturated rings. The predicted octanol–water partition coefficient (Wildman–Crippen LogP) is 2.31. The predicted molar refractivity (Wildman–Crippen MR) is 96.5 cm³/mol. The molecule has 0 saturated carbocycles. The number of thioether (sulfide) groups is 1. The maximum absolute atomic E-state index is 12.5. The highest BCUT2D eigenvalue weighted by Gasteiger charge is 2.17. The molecule has 0 saturated heterocycles. The maximum atomic E-state index is 12.5. The highest BCUT2D eigenvalue weighted by Crippen LogP contribution is 2.25. The van der Waals surface area contributed by atoms with Crippen molar-refractivity contribution in [2.45, 2.75) is 17.3 Å². The number of fused-ring (bicyclic) bond motifs is 1. The molecule has 0 spiro atoms. The Hall–Kier alpha value is -2.87. The van der Waals surface area contributed by atoms with E-state index in [9.17, 15) is 4.79 Å². The van der Waals surface area contributed by atoms with E-state index in [2.05, 4.69) is 20.3 Å². The summed E-state index contributed by atoms with van der Waals surface area (Å²) in [5.74, 6) is 0.386. The molecule has 3 rings (SSSR count). The minimum Gasteiger partial charge on any atom is -0.383 e. The lowest BCUT2D eigenvalue weighted by atomic mass is 10.2. The topological polar surface area (TPSA) is 120 Å². The Morgan fingerprint density at radius 2 is 1.92 bits per heavy atom. The van der Waals surface area contributed by atoms with Crippen LogP contribution < -0.4 is 16.8 Å². The summed E-state index contributed by atoms with van der Waals surface area (Å²) in [5, 5.41) is 3.75. The SMILES string of the molecule is C[C@@H](Sc1nc(N)cc(N)n1)C(=O)Nc1cccc2ncccc12. The van der Waals surface area contributed by atoms with Crippen LogP contribution in [-0.4, -0.2) is 26.1 Å². The van der Waals surface area contributed by atoms with Crippen LogP contribution in [0.1, 0.15) is 6.92 Å².